The monoisotopic (exact) mass is 303 g/mol. The fourth-order valence-corrected chi connectivity index (χ4v) is 2.12. The molecular weight excluding hydrogens is 286 g/mol. The zero-order valence-electron chi connectivity index (χ0n) is 11.7. The van der Waals surface area contributed by atoms with Crippen LogP contribution in [0.25, 0.3) is 10.9 Å². The Morgan fingerprint density at radius 3 is 2.41 bits per heavy atom. The maximum atomic E-state index is 10.4. The summed E-state index contributed by atoms with van der Waals surface area (Å²) in [6, 6.07) is 12.1. The van der Waals surface area contributed by atoms with E-state index in [0.29, 0.717) is 0 Å². The van der Waals surface area contributed by atoms with Gasteiger partial charge in [0.15, 0.2) is 0 Å². The van der Waals surface area contributed by atoms with E-state index in [2.05, 4.69) is 17.1 Å². The third kappa shape index (κ3) is 3.88. The lowest BCUT2D eigenvalue weighted by atomic mass is 9.92. The molecule has 0 saturated carbocycles. The lowest BCUT2D eigenvalue weighted by Gasteiger charge is -2.25. The number of benzene rings is 1. The van der Waals surface area contributed by atoms with E-state index in [9.17, 15) is 4.79 Å². The highest BCUT2D eigenvalue weighted by atomic mass is 16.4. The van der Waals surface area contributed by atoms with Gasteiger partial charge in [0.2, 0.25) is 0 Å². The van der Waals surface area contributed by atoms with Crippen LogP contribution in [0.1, 0.15) is 6.42 Å². The van der Waals surface area contributed by atoms with Crippen molar-refractivity contribution in [2.45, 2.75) is 24.7 Å². The van der Waals surface area contributed by atoms with Crippen LogP contribution in [-0.4, -0.2) is 49.7 Å². The van der Waals surface area contributed by atoms with Gasteiger partial charge in [-0.25, -0.2) is 4.79 Å². The van der Waals surface area contributed by atoms with Gasteiger partial charge in [-0.2, -0.15) is 0 Å². The summed E-state index contributed by atoms with van der Waals surface area (Å²) in [5.41, 5.74) is 0.991. The molecule has 1 heterocycles. The topological polar surface area (TPSA) is 111 Å². The van der Waals surface area contributed by atoms with Gasteiger partial charge < -0.3 is 20.4 Å². The van der Waals surface area contributed by atoms with Crippen LogP contribution in [0, 0.1) is 0 Å². The summed E-state index contributed by atoms with van der Waals surface area (Å²) < 4.78 is 0. The molecule has 1 aromatic carbocycles. The largest absolute Gasteiger partial charge is 0.478 e. The van der Waals surface area contributed by atoms with Crippen molar-refractivity contribution in [3.05, 3.63) is 54.2 Å². The number of pyridine rings is 1. The number of para-hydroxylation sites is 1. The molecule has 0 bridgehead atoms. The first kappa shape index (κ1) is 16.1. The molecule has 3 rings (SSSR count). The van der Waals surface area contributed by atoms with Crippen molar-refractivity contribution >= 4 is 16.9 Å². The minimum absolute atomic E-state index is 0.0692. The number of hydrogen-bond acceptors (Lipinski definition) is 5. The Balaban J connectivity index is 0.000000162. The SMILES string of the molecule is O=C(O)C1=CC(O)C(O)C(O)C1.c1ccc2ncccc2c1. The van der Waals surface area contributed by atoms with E-state index in [4.69, 9.17) is 20.4 Å². The number of fused-ring (bicyclic) bond motifs is 1. The van der Waals surface area contributed by atoms with E-state index < -0.39 is 24.3 Å². The van der Waals surface area contributed by atoms with Gasteiger partial charge in [0.05, 0.1) is 11.6 Å². The number of aliphatic hydroxyl groups excluding tert-OH is 3. The molecule has 3 unspecified atom stereocenters. The molecular formula is C16H17NO5. The number of carbonyl (C=O) groups is 1. The smallest absolute Gasteiger partial charge is 0.331 e. The van der Waals surface area contributed by atoms with Crippen molar-refractivity contribution < 1.29 is 25.2 Å². The fourth-order valence-electron chi connectivity index (χ4n) is 2.12. The Bertz CT molecular complexity index is 620. The zero-order valence-corrected chi connectivity index (χ0v) is 11.7. The van der Waals surface area contributed by atoms with Crippen LogP contribution in [0.4, 0.5) is 0 Å². The fraction of sp³-hybridized carbons (Fsp3) is 0.250. The second-order valence-electron chi connectivity index (χ2n) is 4.95. The Kier molecular flexibility index (Phi) is 5.21. The number of rotatable bonds is 1. The van der Waals surface area contributed by atoms with Crippen LogP contribution in [0.15, 0.2) is 54.2 Å². The number of aromatic nitrogens is 1. The van der Waals surface area contributed by atoms with E-state index in [1.165, 1.54) is 5.39 Å². The number of aliphatic carboxylic acids is 1. The van der Waals surface area contributed by atoms with Crippen molar-refractivity contribution in [2.24, 2.45) is 0 Å². The normalized spacial score (nSPS) is 24.1. The highest BCUT2D eigenvalue weighted by Gasteiger charge is 2.31. The van der Waals surface area contributed by atoms with Gasteiger partial charge in [-0.3, -0.25) is 4.98 Å². The Morgan fingerprint density at radius 2 is 1.77 bits per heavy atom. The van der Waals surface area contributed by atoms with Gasteiger partial charge in [-0.15, -0.1) is 0 Å². The second-order valence-corrected chi connectivity index (χ2v) is 4.95. The summed E-state index contributed by atoms with van der Waals surface area (Å²) in [5, 5.41) is 36.8. The first-order valence-corrected chi connectivity index (χ1v) is 6.77. The predicted octanol–water partition coefficient (Wildman–Crippen LogP) is 0.719. The molecule has 0 aliphatic heterocycles. The molecule has 0 saturated heterocycles. The van der Waals surface area contributed by atoms with Gasteiger partial charge in [0.25, 0.3) is 0 Å². The van der Waals surface area contributed by atoms with Crippen LogP contribution in [-0.2, 0) is 4.79 Å². The average molecular weight is 303 g/mol. The van der Waals surface area contributed by atoms with E-state index in [0.717, 1.165) is 11.6 Å². The van der Waals surface area contributed by atoms with Gasteiger partial charge in [0, 0.05) is 23.6 Å². The van der Waals surface area contributed by atoms with Gasteiger partial charge in [0.1, 0.15) is 12.2 Å². The standard InChI is InChI=1S/C9H7N.C7H10O5/c1-2-6-9-8(4-1)5-3-7-10-9;8-4-1-3(7(11)12)2-5(9)6(4)10/h1-7H;1,4-6,8-10H,2H2,(H,11,12). The highest BCUT2D eigenvalue weighted by Crippen LogP contribution is 2.19. The van der Waals surface area contributed by atoms with Gasteiger partial charge in [-0.1, -0.05) is 24.3 Å². The molecule has 0 spiro atoms. The van der Waals surface area contributed by atoms with Crippen LogP contribution in [0.2, 0.25) is 0 Å². The summed E-state index contributed by atoms with van der Waals surface area (Å²) in [6.07, 6.45) is -1.06. The molecule has 1 aliphatic carbocycles. The first-order valence-electron chi connectivity index (χ1n) is 6.77. The second kappa shape index (κ2) is 7.13. The van der Waals surface area contributed by atoms with E-state index >= 15 is 0 Å². The molecule has 1 aromatic heterocycles. The predicted molar refractivity (Wildman–Crippen MR) is 80.1 cm³/mol. The van der Waals surface area contributed by atoms with E-state index in [-0.39, 0.29) is 12.0 Å². The van der Waals surface area contributed by atoms with Crippen LogP contribution in [0.5, 0.6) is 0 Å². The highest BCUT2D eigenvalue weighted by molar-refractivity contribution is 5.87. The lowest BCUT2D eigenvalue weighted by Crippen LogP contribution is -2.40. The molecule has 1 aliphatic rings. The maximum absolute atomic E-state index is 10.4. The third-order valence-corrected chi connectivity index (χ3v) is 3.33. The summed E-state index contributed by atoms with van der Waals surface area (Å²) in [6.45, 7) is 0. The molecule has 116 valence electrons. The molecule has 6 nitrogen and oxygen atoms in total. The third-order valence-electron chi connectivity index (χ3n) is 3.33. The quantitative estimate of drug-likeness (QED) is 0.618. The number of carboxylic acids is 1. The molecule has 6 heteroatoms. The Labute approximate surface area is 127 Å². The minimum Gasteiger partial charge on any atom is -0.478 e. The molecule has 3 atom stereocenters. The number of nitrogens with zero attached hydrogens (tertiary/aromatic N) is 1. The first-order chi connectivity index (χ1) is 10.5. The number of hydrogen-bond donors (Lipinski definition) is 4. The van der Waals surface area contributed by atoms with Crippen molar-refractivity contribution in [1.82, 2.24) is 4.98 Å². The summed E-state index contributed by atoms with van der Waals surface area (Å²) >= 11 is 0. The summed E-state index contributed by atoms with van der Waals surface area (Å²) in [7, 11) is 0. The maximum Gasteiger partial charge on any atom is 0.331 e. The lowest BCUT2D eigenvalue weighted by molar-refractivity contribution is -0.134. The molecule has 2 aromatic rings. The van der Waals surface area contributed by atoms with E-state index in [1.807, 2.05) is 30.5 Å². The molecule has 0 radical (unpaired) electrons. The average Bonchev–Trinajstić information content (AvgIpc) is 2.53. The van der Waals surface area contributed by atoms with Crippen molar-refractivity contribution in [3.63, 3.8) is 0 Å². The van der Waals surface area contributed by atoms with Crippen LogP contribution >= 0.6 is 0 Å². The van der Waals surface area contributed by atoms with Gasteiger partial charge in [-0.05, 0) is 18.2 Å². The van der Waals surface area contributed by atoms with Crippen molar-refractivity contribution in [3.8, 4) is 0 Å². The molecule has 4 N–H and O–H groups in total. The number of aliphatic hydroxyl groups is 3. The van der Waals surface area contributed by atoms with Gasteiger partial charge >= 0.3 is 5.97 Å². The van der Waals surface area contributed by atoms with Crippen LogP contribution in [0.3, 0.4) is 0 Å². The number of carboxylic acid groups (broad SMARTS) is 1. The molecule has 22 heavy (non-hydrogen) atoms. The van der Waals surface area contributed by atoms with Crippen molar-refractivity contribution in [1.29, 1.82) is 0 Å². The zero-order chi connectivity index (χ0) is 16.1. The Hall–Kier alpha value is -2.28. The Morgan fingerprint density at radius 1 is 1.09 bits per heavy atom. The van der Waals surface area contributed by atoms with Crippen molar-refractivity contribution in [2.75, 3.05) is 0 Å². The summed E-state index contributed by atoms with van der Waals surface area (Å²) in [5.74, 6) is -1.18. The molecule has 0 amide bonds. The molecule has 0 fully saturated rings. The minimum atomic E-state index is -1.29. The summed E-state index contributed by atoms with van der Waals surface area (Å²) in [4.78, 5) is 14.6. The van der Waals surface area contributed by atoms with E-state index in [1.54, 1.807) is 0 Å². The van der Waals surface area contributed by atoms with Crippen LogP contribution < -0.4 is 0 Å².